The van der Waals surface area contributed by atoms with Gasteiger partial charge in [-0.25, -0.2) is 4.98 Å². The van der Waals surface area contributed by atoms with E-state index in [1.54, 1.807) is 14.2 Å². The van der Waals surface area contributed by atoms with E-state index >= 15 is 0 Å². The quantitative estimate of drug-likeness (QED) is 0.746. The number of ether oxygens (including phenoxy) is 2. The standard InChI is InChI=1S/C18H18N2O3S/c1-22-14-9-5-3-7-12(14)15(23-2)11-19-17(21)18-20-13-8-4-6-10-16(13)24-18/h3-10,15H,11H2,1-2H3,(H,19,21)/t15-/m1/s1. The maximum Gasteiger partial charge on any atom is 0.280 e. The monoisotopic (exact) mass is 342 g/mol. The number of methoxy groups -OCH3 is 2. The van der Waals surface area contributed by atoms with Crippen molar-refractivity contribution in [3.8, 4) is 5.75 Å². The van der Waals surface area contributed by atoms with Gasteiger partial charge in [0.2, 0.25) is 0 Å². The highest BCUT2D eigenvalue weighted by molar-refractivity contribution is 7.20. The van der Waals surface area contributed by atoms with Crippen molar-refractivity contribution in [1.82, 2.24) is 10.3 Å². The second kappa shape index (κ2) is 7.42. The lowest BCUT2D eigenvalue weighted by atomic mass is 10.1. The number of rotatable bonds is 6. The van der Waals surface area contributed by atoms with Crippen LogP contribution in [-0.4, -0.2) is 31.7 Å². The summed E-state index contributed by atoms with van der Waals surface area (Å²) in [5, 5.41) is 3.34. The average molecular weight is 342 g/mol. The minimum atomic E-state index is -0.292. The van der Waals surface area contributed by atoms with Crippen LogP contribution >= 0.6 is 11.3 Å². The highest BCUT2D eigenvalue weighted by Crippen LogP contribution is 2.27. The molecule has 0 unspecified atom stereocenters. The first-order valence-corrected chi connectivity index (χ1v) is 8.34. The number of amides is 1. The van der Waals surface area contributed by atoms with E-state index in [-0.39, 0.29) is 12.0 Å². The fourth-order valence-corrected chi connectivity index (χ4v) is 3.37. The van der Waals surface area contributed by atoms with Crippen molar-refractivity contribution in [2.75, 3.05) is 20.8 Å². The van der Waals surface area contributed by atoms with Gasteiger partial charge >= 0.3 is 0 Å². The molecule has 0 saturated carbocycles. The molecule has 3 aromatic rings. The Kier molecular flexibility index (Phi) is 5.08. The maximum atomic E-state index is 12.4. The lowest BCUT2D eigenvalue weighted by molar-refractivity contribution is 0.0819. The summed E-state index contributed by atoms with van der Waals surface area (Å²) >= 11 is 1.38. The van der Waals surface area contributed by atoms with Crippen molar-refractivity contribution >= 4 is 27.5 Å². The molecule has 2 aromatic carbocycles. The van der Waals surface area contributed by atoms with Crippen molar-refractivity contribution in [2.45, 2.75) is 6.10 Å². The Bertz CT molecular complexity index is 814. The molecule has 0 aliphatic heterocycles. The van der Waals surface area contributed by atoms with Crippen LogP contribution in [0.4, 0.5) is 0 Å². The molecule has 0 radical (unpaired) electrons. The van der Waals surface area contributed by atoms with Gasteiger partial charge in [0.05, 0.1) is 17.3 Å². The minimum Gasteiger partial charge on any atom is -0.496 e. The van der Waals surface area contributed by atoms with Crippen LogP contribution in [0.15, 0.2) is 48.5 Å². The van der Waals surface area contributed by atoms with Crippen molar-refractivity contribution in [1.29, 1.82) is 0 Å². The van der Waals surface area contributed by atoms with Gasteiger partial charge in [0.25, 0.3) is 5.91 Å². The largest absolute Gasteiger partial charge is 0.496 e. The summed E-state index contributed by atoms with van der Waals surface area (Å²) in [5.74, 6) is 0.534. The third-order valence-corrected chi connectivity index (χ3v) is 4.74. The molecule has 0 saturated heterocycles. The smallest absolute Gasteiger partial charge is 0.280 e. The molecule has 1 aromatic heterocycles. The van der Waals surface area contributed by atoms with Crippen LogP contribution in [0.3, 0.4) is 0 Å². The molecule has 0 fully saturated rings. The zero-order valence-electron chi connectivity index (χ0n) is 13.5. The number of nitrogens with zero attached hydrogens (tertiary/aromatic N) is 1. The van der Waals surface area contributed by atoms with Crippen molar-refractivity contribution in [2.24, 2.45) is 0 Å². The van der Waals surface area contributed by atoms with Crippen LogP contribution in [0, 0.1) is 0 Å². The van der Waals surface area contributed by atoms with Gasteiger partial charge in [0.15, 0.2) is 5.01 Å². The Morgan fingerprint density at radius 1 is 1.17 bits per heavy atom. The Hall–Kier alpha value is -2.44. The molecular weight excluding hydrogens is 324 g/mol. The van der Waals surface area contributed by atoms with Crippen molar-refractivity contribution in [3.05, 3.63) is 59.1 Å². The molecule has 24 heavy (non-hydrogen) atoms. The number of hydrogen-bond acceptors (Lipinski definition) is 5. The number of nitrogens with one attached hydrogen (secondary N) is 1. The van der Waals surface area contributed by atoms with E-state index in [2.05, 4.69) is 10.3 Å². The Balaban J connectivity index is 1.72. The van der Waals surface area contributed by atoms with Crippen molar-refractivity contribution < 1.29 is 14.3 Å². The third-order valence-electron chi connectivity index (χ3n) is 3.71. The zero-order valence-corrected chi connectivity index (χ0v) is 14.3. The minimum absolute atomic E-state index is 0.201. The summed E-state index contributed by atoms with van der Waals surface area (Å²) < 4.78 is 11.9. The maximum absolute atomic E-state index is 12.4. The molecule has 1 N–H and O–H groups in total. The molecule has 1 atom stereocenters. The molecule has 1 amide bonds. The fourth-order valence-electron chi connectivity index (χ4n) is 2.48. The Morgan fingerprint density at radius 3 is 2.67 bits per heavy atom. The third kappa shape index (κ3) is 3.39. The Morgan fingerprint density at radius 2 is 1.92 bits per heavy atom. The SMILES string of the molecule is COc1ccccc1[C@@H](CNC(=O)c1nc2ccccc2s1)OC. The van der Waals surface area contributed by atoms with Crippen molar-refractivity contribution in [3.63, 3.8) is 0 Å². The van der Waals surface area contributed by atoms with Gasteiger partial charge in [0, 0.05) is 19.2 Å². The summed E-state index contributed by atoms with van der Waals surface area (Å²) in [6.45, 7) is 0.339. The summed E-state index contributed by atoms with van der Waals surface area (Å²) in [6, 6.07) is 15.3. The predicted octanol–water partition coefficient (Wildman–Crippen LogP) is 3.42. The van der Waals surface area contributed by atoms with Crippen LogP contribution in [0.2, 0.25) is 0 Å². The number of hydrogen-bond donors (Lipinski definition) is 1. The highest BCUT2D eigenvalue weighted by atomic mass is 32.1. The number of carbonyl (C=O) groups is 1. The number of benzene rings is 2. The van der Waals surface area contributed by atoms with Crippen LogP contribution in [0.25, 0.3) is 10.2 Å². The van der Waals surface area contributed by atoms with E-state index in [0.29, 0.717) is 11.6 Å². The molecule has 124 valence electrons. The van der Waals surface area contributed by atoms with Crippen LogP contribution in [-0.2, 0) is 4.74 Å². The van der Waals surface area contributed by atoms with Gasteiger partial charge in [-0.15, -0.1) is 11.3 Å². The molecule has 1 heterocycles. The van der Waals surface area contributed by atoms with Crippen LogP contribution in [0.5, 0.6) is 5.75 Å². The lowest BCUT2D eigenvalue weighted by Gasteiger charge is -2.18. The predicted molar refractivity (Wildman–Crippen MR) is 94.7 cm³/mol. The normalized spacial score (nSPS) is 12.1. The van der Waals surface area contributed by atoms with Crippen LogP contribution in [0.1, 0.15) is 21.5 Å². The fraction of sp³-hybridized carbons (Fsp3) is 0.222. The molecular formula is C18H18N2O3S. The molecule has 6 heteroatoms. The summed E-state index contributed by atoms with van der Waals surface area (Å²) in [5.41, 5.74) is 1.73. The summed E-state index contributed by atoms with van der Waals surface area (Å²) in [4.78, 5) is 16.7. The van der Waals surface area contributed by atoms with E-state index in [1.807, 2.05) is 48.5 Å². The highest BCUT2D eigenvalue weighted by Gasteiger charge is 2.18. The number of fused-ring (bicyclic) bond motifs is 1. The number of thiazole rings is 1. The first-order chi connectivity index (χ1) is 11.7. The van der Waals surface area contributed by atoms with Gasteiger partial charge < -0.3 is 14.8 Å². The van der Waals surface area contributed by atoms with E-state index in [9.17, 15) is 4.79 Å². The van der Waals surface area contributed by atoms with E-state index < -0.39 is 0 Å². The van der Waals surface area contributed by atoms with E-state index in [0.717, 1.165) is 21.5 Å². The molecule has 5 nitrogen and oxygen atoms in total. The van der Waals surface area contributed by atoms with Gasteiger partial charge in [-0.2, -0.15) is 0 Å². The van der Waals surface area contributed by atoms with Crippen LogP contribution < -0.4 is 10.1 Å². The van der Waals surface area contributed by atoms with E-state index in [4.69, 9.17) is 9.47 Å². The lowest BCUT2D eigenvalue weighted by Crippen LogP contribution is -2.29. The molecule has 0 aliphatic rings. The number of aromatic nitrogens is 1. The summed E-state index contributed by atoms with van der Waals surface area (Å²) in [7, 11) is 3.23. The second-order valence-electron chi connectivity index (χ2n) is 5.16. The topological polar surface area (TPSA) is 60.5 Å². The van der Waals surface area contributed by atoms with Gasteiger partial charge in [-0.05, 0) is 18.2 Å². The molecule has 0 bridgehead atoms. The molecule has 0 aliphatic carbocycles. The van der Waals surface area contributed by atoms with Gasteiger partial charge in [-0.3, -0.25) is 4.79 Å². The van der Waals surface area contributed by atoms with Gasteiger partial charge in [-0.1, -0.05) is 30.3 Å². The zero-order chi connectivity index (χ0) is 16.9. The van der Waals surface area contributed by atoms with E-state index in [1.165, 1.54) is 11.3 Å². The first kappa shape index (κ1) is 16.4. The average Bonchev–Trinajstić information content (AvgIpc) is 3.06. The second-order valence-corrected chi connectivity index (χ2v) is 6.19. The molecule has 0 spiro atoms. The van der Waals surface area contributed by atoms with Gasteiger partial charge in [0.1, 0.15) is 11.9 Å². The summed E-state index contributed by atoms with van der Waals surface area (Å²) in [6.07, 6.45) is -0.292. The first-order valence-electron chi connectivity index (χ1n) is 7.52. The number of carbonyl (C=O) groups excluding carboxylic acids is 1. The molecule has 3 rings (SSSR count). The number of para-hydroxylation sites is 2. The Labute approximate surface area is 144 Å².